The lowest BCUT2D eigenvalue weighted by atomic mass is 10.5. The SMILES string of the molecule is CC[S@@](=N)(=O)c1ccoc1C. The molecule has 62 valence electrons. The van der Waals surface area contributed by atoms with Gasteiger partial charge in [-0.1, -0.05) is 6.92 Å². The summed E-state index contributed by atoms with van der Waals surface area (Å²) < 4.78 is 23.8. The monoisotopic (exact) mass is 173 g/mol. The fraction of sp³-hybridized carbons (Fsp3) is 0.429. The van der Waals surface area contributed by atoms with Gasteiger partial charge in [0.25, 0.3) is 0 Å². The van der Waals surface area contributed by atoms with Crippen molar-refractivity contribution in [3.8, 4) is 0 Å². The lowest BCUT2D eigenvalue weighted by Gasteiger charge is -2.00. The molecule has 1 aromatic heterocycles. The van der Waals surface area contributed by atoms with Gasteiger partial charge in [-0.25, -0.2) is 8.99 Å². The second-order valence-electron chi connectivity index (χ2n) is 2.30. The molecule has 0 aliphatic rings. The van der Waals surface area contributed by atoms with E-state index in [4.69, 9.17) is 9.20 Å². The third kappa shape index (κ3) is 1.45. The van der Waals surface area contributed by atoms with Gasteiger partial charge in [-0.15, -0.1) is 0 Å². The van der Waals surface area contributed by atoms with Gasteiger partial charge in [0, 0.05) is 5.75 Å². The summed E-state index contributed by atoms with van der Waals surface area (Å²) in [4.78, 5) is 0.528. The Morgan fingerprint density at radius 1 is 1.73 bits per heavy atom. The van der Waals surface area contributed by atoms with Crippen molar-refractivity contribution >= 4 is 9.73 Å². The van der Waals surface area contributed by atoms with Crippen LogP contribution in [0.1, 0.15) is 12.7 Å². The van der Waals surface area contributed by atoms with Crippen LogP contribution < -0.4 is 0 Å². The van der Waals surface area contributed by atoms with Crippen molar-refractivity contribution in [3.05, 3.63) is 18.1 Å². The summed E-state index contributed by atoms with van der Waals surface area (Å²) in [5, 5.41) is 0. The highest BCUT2D eigenvalue weighted by Crippen LogP contribution is 2.17. The Labute approximate surface area is 66.4 Å². The van der Waals surface area contributed by atoms with E-state index in [-0.39, 0.29) is 0 Å². The molecule has 0 aliphatic carbocycles. The number of hydrogen-bond donors (Lipinski definition) is 1. The predicted octanol–water partition coefficient (Wildman–Crippen LogP) is 2.01. The van der Waals surface area contributed by atoms with E-state index in [0.717, 1.165) is 0 Å². The van der Waals surface area contributed by atoms with Crippen LogP contribution in [0.15, 0.2) is 21.6 Å². The van der Waals surface area contributed by atoms with E-state index in [9.17, 15) is 4.21 Å². The Bertz CT molecular complexity index is 337. The average Bonchev–Trinajstić information content (AvgIpc) is 2.36. The Morgan fingerprint density at radius 3 is 2.73 bits per heavy atom. The normalized spacial score (nSPS) is 16.2. The summed E-state index contributed by atoms with van der Waals surface area (Å²) in [7, 11) is -2.58. The van der Waals surface area contributed by atoms with Gasteiger partial charge in [-0.3, -0.25) is 0 Å². The molecule has 1 N–H and O–H groups in total. The Kier molecular flexibility index (Phi) is 2.04. The lowest BCUT2D eigenvalue weighted by Crippen LogP contribution is -2.01. The number of furan rings is 1. The van der Waals surface area contributed by atoms with Gasteiger partial charge in [0.15, 0.2) is 0 Å². The van der Waals surface area contributed by atoms with Crippen LogP contribution in [0.5, 0.6) is 0 Å². The third-order valence-electron chi connectivity index (χ3n) is 1.57. The first-order valence-corrected chi connectivity index (χ1v) is 5.11. The van der Waals surface area contributed by atoms with Crippen LogP contribution in [-0.2, 0) is 9.73 Å². The Morgan fingerprint density at radius 2 is 2.36 bits per heavy atom. The highest BCUT2D eigenvalue weighted by Gasteiger charge is 2.12. The zero-order valence-corrected chi connectivity index (χ0v) is 7.40. The van der Waals surface area contributed by atoms with Crippen LogP contribution in [0.3, 0.4) is 0 Å². The van der Waals surface area contributed by atoms with E-state index in [1.807, 2.05) is 0 Å². The van der Waals surface area contributed by atoms with Gasteiger partial charge in [0.1, 0.15) is 5.76 Å². The van der Waals surface area contributed by atoms with Gasteiger partial charge >= 0.3 is 0 Å². The summed E-state index contributed by atoms with van der Waals surface area (Å²) in [5.41, 5.74) is 0. The zero-order chi connectivity index (χ0) is 8.48. The zero-order valence-electron chi connectivity index (χ0n) is 6.59. The second-order valence-corrected chi connectivity index (χ2v) is 4.67. The molecule has 0 spiro atoms. The molecule has 0 radical (unpaired) electrons. The summed E-state index contributed by atoms with van der Waals surface area (Å²) in [6.45, 7) is 3.46. The van der Waals surface area contributed by atoms with E-state index >= 15 is 0 Å². The van der Waals surface area contributed by atoms with Crippen molar-refractivity contribution < 1.29 is 8.63 Å². The molecule has 0 unspecified atom stereocenters. The molecule has 0 fully saturated rings. The molecule has 0 amide bonds. The Hall–Kier alpha value is -0.770. The number of rotatable bonds is 2. The molecular weight excluding hydrogens is 162 g/mol. The van der Waals surface area contributed by atoms with Crippen LogP contribution in [0.25, 0.3) is 0 Å². The first-order chi connectivity index (χ1) is 5.08. The Balaban J connectivity index is 3.22. The molecule has 0 saturated heterocycles. The standard InChI is InChI=1S/C7H11NO2S/c1-3-11(8,9)7-4-5-10-6(7)2/h4-5,8H,3H2,1-2H3/t11-/m1/s1. The third-order valence-corrected chi connectivity index (χ3v) is 3.52. The molecule has 0 aromatic carbocycles. The molecule has 4 heteroatoms. The lowest BCUT2D eigenvalue weighted by molar-refractivity contribution is 0.525. The van der Waals surface area contributed by atoms with Crippen molar-refractivity contribution in [3.63, 3.8) is 0 Å². The molecule has 0 bridgehead atoms. The fourth-order valence-electron chi connectivity index (χ4n) is 0.871. The van der Waals surface area contributed by atoms with Gasteiger partial charge in [0.05, 0.1) is 20.9 Å². The number of hydrogen-bond acceptors (Lipinski definition) is 3. The second kappa shape index (κ2) is 2.70. The quantitative estimate of drug-likeness (QED) is 0.743. The maximum atomic E-state index is 11.4. The van der Waals surface area contributed by atoms with Crippen molar-refractivity contribution in [2.45, 2.75) is 18.7 Å². The highest BCUT2D eigenvalue weighted by molar-refractivity contribution is 7.92. The molecule has 1 heterocycles. The largest absolute Gasteiger partial charge is 0.468 e. The van der Waals surface area contributed by atoms with Crippen LogP contribution in [0, 0.1) is 11.7 Å². The molecule has 1 rings (SSSR count). The van der Waals surface area contributed by atoms with E-state index in [0.29, 0.717) is 16.4 Å². The number of nitrogens with one attached hydrogen (secondary N) is 1. The summed E-state index contributed by atoms with van der Waals surface area (Å²) >= 11 is 0. The van der Waals surface area contributed by atoms with E-state index in [2.05, 4.69) is 0 Å². The molecule has 0 aliphatic heterocycles. The van der Waals surface area contributed by atoms with Crippen LogP contribution in [0.4, 0.5) is 0 Å². The van der Waals surface area contributed by atoms with Crippen molar-refractivity contribution in [2.24, 2.45) is 0 Å². The van der Waals surface area contributed by atoms with Crippen molar-refractivity contribution in [1.29, 1.82) is 4.78 Å². The smallest absolute Gasteiger partial charge is 0.117 e. The molecule has 3 nitrogen and oxygen atoms in total. The van der Waals surface area contributed by atoms with Gasteiger partial charge in [-0.2, -0.15) is 0 Å². The van der Waals surface area contributed by atoms with Crippen LogP contribution in [0.2, 0.25) is 0 Å². The topological polar surface area (TPSA) is 54.1 Å². The molecule has 1 atom stereocenters. The van der Waals surface area contributed by atoms with E-state index in [1.165, 1.54) is 6.26 Å². The fourth-order valence-corrected chi connectivity index (χ4v) is 1.97. The van der Waals surface area contributed by atoms with Crippen LogP contribution >= 0.6 is 0 Å². The molecular formula is C7H11NO2S. The van der Waals surface area contributed by atoms with Gasteiger partial charge in [0.2, 0.25) is 0 Å². The summed E-state index contributed by atoms with van der Waals surface area (Å²) in [5.74, 6) is 0.930. The summed E-state index contributed by atoms with van der Waals surface area (Å²) in [6, 6.07) is 1.61. The first kappa shape index (κ1) is 8.33. The van der Waals surface area contributed by atoms with E-state index in [1.54, 1.807) is 19.9 Å². The van der Waals surface area contributed by atoms with Gasteiger partial charge < -0.3 is 4.42 Å². The minimum Gasteiger partial charge on any atom is -0.468 e. The maximum Gasteiger partial charge on any atom is 0.117 e. The molecule has 1 aromatic rings. The molecule has 11 heavy (non-hydrogen) atoms. The minimum atomic E-state index is -2.58. The first-order valence-electron chi connectivity index (χ1n) is 3.38. The molecule has 0 saturated carbocycles. The maximum absolute atomic E-state index is 11.4. The average molecular weight is 173 g/mol. The van der Waals surface area contributed by atoms with Crippen molar-refractivity contribution in [1.82, 2.24) is 0 Å². The van der Waals surface area contributed by atoms with Gasteiger partial charge in [-0.05, 0) is 13.0 Å². The number of aryl methyl sites for hydroxylation is 1. The highest BCUT2D eigenvalue weighted by atomic mass is 32.2. The minimum absolute atomic E-state index is 0.341. The van der Waals surface area contributed by atoms with Crippen LogP contribution in [-0.4, -0.2) is 9.96 Å². The van der Waals surface area contributed by atoms with E-state index < -0.39 is 9.73 Å². The predicted molar refractivity (Wildman–Crippen MR) is 43.1 cm³/mol. The van der Waals surface area contributed by atoms with Crippen molar-refractivity contribution in [2.75, 3.05) is 5.75 Å². The summed E-state index contributed by atoms with van der Waals surface area (Å²) in [6.07, 6.45) is 1.47.